The first-order chi connectivity index (χ1) is 10.2. The van der Waals surface area contributed by atoms with Crippen LogP contribution in [0.2, 0.25) is 0 Å². The highest BCUT2D eigenvalue weighted by atomic mass is 79.9. The number of carbonyl (C=O) groups is 2. The van der Waals surface area contributed by atoms with Gasteiger partial charge in [-0.2, -0.15) is 0 Å². The minimum Gasteiger partial charge on any atom is -0.458 e. The molecule has 0 saturated heterocycles. The molecule has 1 unspecified atom stereocenters. The maximum atomic E-state index is 12.1. The van der Waals surface area contributed by atoms with Crippen molar-refractivity contribution >= 4 is 33.6 Å². The summed E-state index contributed by atoms with van der Waals surface area (Å²) in [5.74, 6) is -0.416. The van der Waals surface area contributed by atoms with E-state index in [0.717, 1.165) is 10.9 Å². The first kappa shape index (κ1) is 18.5. The molecule has 0 fully saturated rings. The topological polar surface area (TPSA) is 67.4 Å². The van der Waals surface area contributed by atoms with E-state index in [1.54, 1.807) is 32.9 Å². The van der Waals surface area contributed by atoms with Crippen LogP contribution in [0.4, 0.5) is 10.5 Å². The van der Waals surface area contributed by atoms with Crippen LogP contribution in [0.3, 0.4) is 0 Å². The normalized spacial score (nSPS) is 12.4. The van der Waals surface area contributed by atoms with Crippen LogP contribution < -0.4 is 10.6 Å². The van der Waals surface area contributed by atoms with Crippen LogP contribution in [-0.4, -0.2) is 23.6 Å². The van der Waals surface area contributed by atoms with E-state index in [4.69, 9.17) is 4.74 Å². The minimum absolute atomic E-state index is 0.416. The molecule has 1 atom stereocenters. The number of carbonyl (C=O) groups excluding carboxylic acids is 2. The average molecular weight is 371 g/mol. The first-order valence-electron chi connectivity index (χ1n) is 7.27. The second-order valence-corrected chi connectivity index (χ2v) is 6.90. The molecule has 0 aromatic heterocycles. The molecular weight excluding hydrogens is 348 g/mol. The fourth-order valence-corrected chi connectivity index (χ4v) is 2.03. The summed E-state index contributed by atoms with van der Waals surface area (Å²) in [6.07, 6.45) is 1.30. The van der Waals surface area contributed by atoms with E-state index in [0.29, 0.717) is 12.1 Å². The van der Waals surface area contributed by atoms with Gasteiger partial charge in [0, 0.05) is 10.2 Å². The molecule has 0 aliphatic carbocycles. The van der Waals surface area contributed by atoms with Gasteiger partial charge in [0.15, 0.2) is 0 Å². The third kappa shape index (κ3) is 6.93. The van der Waals surface area contributed by atoms with Crippen molar-refractivity contribution < 1.29 is 14.3 Å². The van der Waals surface area contributed by atoms with Gasteiger partial charge >= 0.3 is 12.0 Å². The number of hydrogen-bond acceptors (Lipinski definition) is 3. The Hall–Kier alpha value is -1.56. The van der Waals surface area contributed by atoms with E-state index < -0.39 is 23.6 Å². The average Bonchev–Trinajstić information content (AvgIpc) is 2.39. The predicted molar refractivity (Wildman–Crippen MR) is 90.8 cm³/mol. The Morgan fingerprint density at radius 1 is 1.23 bits per heavy atom. The lowest BCUT2D eigenvalue weighted by atomic mass is 10.1. The molecule has 2 N–H and O–H groups in total. The summed E-state index contributed by atoms with van der Waals surface area (Å²) >= 11 is 3.33. The van der Waals surface area contributed by atoms with Crippen LogP contribution >= 0.6 is 15.9 Å². The Balaban J connectivity index is 2.63. The molecule has 0 saturated carbocycles. The Bertz CT molecular complexity index is 509. The lowest BCUT2D eigenvalue weighted by Gasteiger charge is -2.24. The molecule has 2 amide bonds. The highest BCUT2D eigenvalue weighted by molar-refractivity contribution is 9.10. The zero-order valence-corrected chi connectivity index (χ0v) is 15.0. The highest BCUT2D eigenvalue weighted by Crippen LogP contribution is 2.14. The number of esters is 1. The quantitative estimate of drug-likeness (QED) is 0.767. The molecule has 22 heavy (non-hydrogen) atoms. The number of nitrogens with one attached hydrogen (secondary N) is 2. The van der Waals surface area contributed by atoms with Crippen LogP contribution in [0.25, 0.3) is 0 Å². The van der Waals surface area contributed by atoms with Crippen molar-refractivity contribution in [3.05, 3.63) is 28.7 Å². The second kappa shape index (κ2) is 8.17. The summed E-state index contributed by atoms with van der Waals surface area (Å²) in [5.41, 5.74) is 0.0765. The van der Waals surface area contributed by atoms with E-state index in [-0.39, 0.29) is 0 Å². The Kier molecular flexibility index (Phi) is 6.87. The maximum absolute atomic E-state index is 12.1. The summed E-state index contributed by atoms with van der Waals surface area (Å²) in [6.45, 7) is 7.35. The molecule has 0 aliphatic rings. The lowest BCUT2D eigenvalue weighted by molar-refractivity contribution is -0.157. The van der Waals surface area contributed by atoms with Gasteiger partial charge in [0.05, 0.1) is 0 Å². The largest absolute Gasteiger partial charge is 0.458 e. The highest BCUT2D eigenvalue weighted by Gasteiger charge is 2.25. The van der Waals surface area contributed by atoms with E-state index >= 15 is 0 Å². The van der Waals surface area contributed by atoms with E-state index in [1.807, 2.05) is 19.1 Å². The van der Waals surface area contributed by atoms with Crippen LogP contribution in [0.15, 0.2) is 28.7 Å². The molecule has 6 heteroatoms. The Morgan fingerprint density at radius 3 is 2.32 bits per heavy atom. The van der Waals surface area contributed by atoms with Gasteiger partial charge in [0.1, 0.15) is 11.6 Å². The number of halogens is 1. The van der Waals surface area contributed by atoms with Gasteiger partial charge in [0.25, 0.3) is 0 Å². The monoisotopic (exact) mass is 370 g/mol. The van der Waals surface area contributed by atoms with Crippen molar-refractivity contribution in [2.75, 3.05) is 5.32 Å². The molecule has 5 nitrogen and oxygen atoms in total. The third-order valence-corrected chi connectivity index (χ3v) is 3.20. The molecular formula is C16H23BrN2O3. The molecule has 0 radical (unpaired) electrons. The summed E-state index contributed by atoms with van der Waals surface area (Å²) in [4.78, 5) is 24.1. The van der Waals surface area contributed by atoms with E-state index in [1.165, 1.54) is 0 Å². The van der Waals surface area contributed by atoms with Gasteiger partial charge in [-0.3, -0.25) is 0 Å². The fraction of sp³-hybridized carbons (Fsp3) is 0.500. The number of rotatable bonds is 5. The van der Waals surface area contributed by atoms with Gasteiger partial charge in [-0.15, -0.1) is 0 Å². The van der Waals surface area contributed by atoms with E-state index in [9.17, 15) is 9.59 Å². The van der Waals surface area contributed by atoms with Gasteiger partial charge in [-0.1, -0.05) is 29.3 Å². The van der Waals surface area contributed by atoms with Gasteiger partial charge in [-0.25, -0.2) is 9.59 Å². The third-order valence-electron chi connectivity index (χ3n) is 2.68. The summed E-state index contributed by atoms with van der Waals surface area (Å²) in [6, 6.07) is 6.11. The Labute approximate surface area is 139 Å². The molecule has 1 aromatic carbocycles. The van der Waals surface area contributed by atoms with Crippen LogP contribution in [0.1, 0.15) is 40.5 Å². The smallest absolute Gasteiger partial charge is 0.329 e. The summed E-state index contributed by atoms with van der Waals surface area (Å²) in [5, 5.41) is 5.36. The van der Waals surface area contributed by atoms with Crippen LogP contribution in [-0.2, 0) is 9.53 Å². The SMILES string of the molecule is CCCC(NC(=O)Nc1ccc(Br)cc1)C(=O)OC(C)(C)C. The van der Waals surface area contributed by atoms with Crippen LogP contribution in [0, 0.1) is 0 Å². The number of hydrogen-bond donors (Lipinski definition) is 2. The number of amides is 2. The molecule has 122 valence electrons. The zero-order chi connectivity index (χ0) is 16.8. The number of benzene rings is 1. The van der Waals surface area contributed by atoms with Crippen LogP contribution in [0.5, 0.6) is 0 Å². The lowest BCUT2D eigenvalue weighted by Crippen LogP contribution is -2.45. The Morgan fingerprint density at radius 2 is 1.82 bits per heavy atom. The standard InChI is InChI=1S/C16H23BrN2O3/c1-5-6-13(14(20)22-16(2,3)4)19-15(21)18-12-9-7-11(17)8-10-12/h7-10,13H,5-6H2,1-4H3,(H2,18,19,21). The summed E-state index contributed by atoms with van der Waals surface area (Å²) in [7, 11) is 0. The van der Waals surface area contributed by atoms with Gasteiger partial charge in [0.2, 0.25) is 0 Å². The first-order valence-corrected chi connectivity index (χ1v) is 8.06. The van der Waals surface area contributed by atoms with Crippen molar-refractivity contribution in [1.29, 1.82) is 0 Å². The van der Waals surface area contributed by atoms with Crippen molar-refractivity contribution in [3.63, 3.8) is 0 Å². The minimum atomic E-state index is -0.653. The van der Waals surface area contributed by atoms with Crippen molar-refractivity contribution in [2.45, 2.75) is 52.2 Å². The van der Waals surface area contributed by atoms with E-state index in [2.05, 4.69) is 26.6 Å². The van der Waals surface area contributed by atoms with Crippen molar-refractivity contribution in [3.8, 4) is 0 Å². The summed E-state index contributed by atoms with van der Waals surface area (Å²) < 4.78 is 6.26. The molecule has 0 spiro atoms. The van der Waals surface area contributed by atoms with Crippen molar-refractivity contribution in [2.24, 2.45) is 0 Å². The van der Waals surface area contributed by atoms with Gasteiger partial charge < -0.3 is 15.4 Å². The number of urea groups is 1. The number of anilines is 1. The second-order valence-electron chi connectivity index (χ2n) is 5.98. The van der Waals surface area contributed by atoms with Crippen molar-refractivity contribution in [1.82, 2.24) is 5.32 Å². The fourth-order valence-electron chi connectivity index (χ4n) is 1.77. The molecule has 1 aromatic rings. The maximum Gasteiger partial charge on any atom is 0.329 e. The molecule has 0 aliphatic heterocycles. The van der Waals surface area contributed by atoms with Gasteiger partial charge in [-0.05, 0) is 51.5 Å². The zero-order valence-electron chi connectivity index (χ0n) is 13.4. The molecule has 0 heterocycles. The predicted octanol–water partition coefficient (Wildman–Crippen LogP) is 4.08. The number of ether oxygens (including phenoxy) is 1. The molecule has 1 rings (SSSR count). The molecule has 0 bridgehead atoms.